The molecule has 0 spiro atoms. The Kier molecular flexibility index (Phi) is 4.00. The number of rotatable bonds is 5. The fourth-order valence-corrected chi connectivity index (χ4v) is 5.95. The maximum absolute atomic E-state index is 13.7. The number of fused-ring (bicyclic) bond motifs is 1. The van der Waals surface area contributed by atoms with Crippen molar-refractivity contribution >= 4 is 23.2 Å². The Hall–Kier alpha value is -3.29. The molecule has 3 aliphatic carbocycles. The van der Waals surface area contributed by atoms with E-state index in [9.17, 15) is 13.6 Å². The molecule has 2 aromatic carbocycles. The number of hydrogen-bond donors (Lipinski definition) is 0. The monoisotopic (exact) mass is 436 g/mol. The first-order valence-corrected chi connectivity index (χ1v) is 10.7. The maximum Gasteiger partial charge on any atom is 0.249 e. The van der Waals surface area contributed by atoms with Crippen LogP contribution >= 0.6 is 0 Å². The topological polar surface area (TPSA) is 59.7 Å². The van der Waals surface area contributed by atoms with E-state index in [0.29, 0.717) is 12.0 Å². The van der Waals surface area contributed by atoms with Gasteiger partial charge in [0, 0.05) is 31.3 Å². The van der Waals surface area contributed by atoms with Crippen molar-refractivity contribution in [2.75, 3.05) is 7.11 Å². The van der Waals surface area contributed by atoms with Crippen LogP contribution in [0, 0.1) is 22.5 Å². The largest absolute Gasteiger partial charge is 0.497 e. The molecule has 4 aliphatic rings. The molecule has 3 fully saturated rings. The number of methoxy groups -OCH3 is 1. The second-order valence-corrected chi connectivity index (χ2v) is 9.44. The van der Waals surface area contributed by atoms with Crippen LogP contribution in [0.3, 0.4) is 0 Å². The molecule has 1 atom stereocenters. The van der Waals surface area contributed by atoms with Gasteiger partial charge < -0.3 is 9.30 Å². The van der Waals surface area contributed by atoms with Crippen LogP contribution in [-0.2, 0) is 11.3 Å². The molecule has 2 bridgehead atoms. The zero-order valence-electron chi connectivity index (χ0n) is 17.6. The summed E-state index contributed by atoms with van der Waals surface area (Å²) in [6, 6.07) is 8.80. The summed E-state index contributed by atoms with van der Waals surface area (Å²) in [5.74, 6) is -0.553. The van der Waals surface area contributed by atoms with Gasteiger partial charge in [-0.2, -0.15) is 5.10 Å². The van der Waals surface area contributed by atoms with Gasteiger partial charge in [0.25, 0.3) is 0 Å². The van der Waals surface area contributed by atoms with Gasteiger partial charge in [-0.3, -0.25) is 4.79 Å². The molecule has 0 saturated heterocycles. The van der Waals surface area contributed by atoms with Crippen LogP contribution in [0.25, 0.3) is 11.0 Å². The standard InChI is InChI=1S/C24H22F2N4O2/c1-32-18-2-3-21-19(9-18)27-14-29(21)13-23-10-24(11-23,12-23)22(31)30-20(4-5-28-30)15-6-16(25)8-17(26)7-15/h2-3,5-9,14,20H,4,10-13H2,1H3. The molecule has 32 heavy (non-hydrogen) atoms. The van der Waals surface area contributed by atoms with Gasteiger partial charge in [-0.15, -0.1) is 0 Å². The van der Waals surface area contributed by atoms with Gasteiger partial charge >= 0.3 is 0 Å². The molecule has 0 N–H and O–H groups in total. The minimum Gasteiger partial charge on any atom is -0.497 e. The average molecular weight is 436 g/mol. The van der Waals surface area contributed by atoms with Gasteiger partial charge in [0.1, 0.15) is 17.4 Å². The SMILES string of the molecule is COc1ccc2c(c1)ncn2CC12CC(C(=O)N3N=CCC3c3cc(F)cc(F)c3)(C1)C2. The van der Waals surface area contributed by atoms with Crippen LogP contribution in [-0.4, -0.2) is 33.8 Å². The van der Waals surface area contributed by atoms with Crippen molar-refractivity contribution in [2.45, 2.75) is 38.3 Å². The highest BCUT2D eigenvalue weighted by molar-refractivity contribution is 5.88. The summed E-state index contributed by atoms with van der Waals surface area (Å²) in [4.78, 5) is 17.8. The normalized spacial score (nSPS) is 28.0. The molecule has 1 unspecified atom stereocenters. The van der Waals surface area contributed by atoms with Gasteiger partial charge in [0.2, 0.25) is 5.91 Å². The number of halogens is 2. The summed E-state index contributed by atoms with van der Waals surface area (Å²) in [6.07, 6.45) is 6.35. The molecule has 164 valence electrons. The summed E-state index contributed by atoms with van der Waals surface area (Å²) < 4.78 is 34.8. The number of carbonyl (C=O) groups excluding carboxylic acids is 1. The lowest BCUT2D eigenvalue weighted by Crippen LogP contribution is -2.68. The molecule has 8 heteroatoms. The number of nitrogens with zero attached hydrogens (tertiary/aromatic N) is 4. The van der Waals surface area contributed by atoms with Crippen LogP contribution in [0.4, 0.5) is 8.78 Å². The molecule has 1 aliphatic heterocycles. The van der Waals surface area contributed by atoms with Crippen molar-refractivity contribution in [3.05, 3.63) is 59.9 Å². The van der Waals surface area contributed by atoms with E-state index in [1.807, 2.05) is 24.5 Å². The van der Waals surface area contributed by atoms with Gasteiger partial charge in [-0.05, 0) is 54.5 Å². The van der Waals surface area contributed by atoms with Crippen molar-refractivity contribution in [3.63, 3.8) is 0 Å². The predicted octanol–water partition coefficient (Wildman–Crippen LogP) is 4.45. The van der Waals surface area contributed by atoms with E-state index in [-0.39, 0.29) is 11.3 Å². The quantitative estimate of drug-likeness (QED) is 0.594. The third-order valence-electron chi connectivity index (χ3n) is 7.24. The van der Waals surface area contributed by atoms with E-state index in [4.69, 9.17) is 4.74 Å². The van der Waals surface area contributed by atoms with E-state index >= 15 is 0 Å². The highest BCUT2D eigenvalue weighted by atomic mass is 19.1. The minimum atomic E-state index is -0.644. The first-order valence-electron chi connectivity index (χ1n) is 10.7. The number of ether oxygens (including phenoxy) is 1. The Morgan fingerprint density at radius 2 is 1.91 bits per heavy atom. The lowest BCUT2D eigenvalue weighted by atomic mass is 9.34. The van der Waals surface area contributed by atoms with Crippen LogP contribution in [0.5, 0.6) is 5.75 Å². The molecule has 1 amide bonds. The smallest absolute Gasteiger partial charge is 0.249 e. The van der Waals surface area contributed by atoms with Crippen molar-refractivity contribution in [2.24, 2.45) is 15.9 Å². The Balaban J connectivity index is 1.17. The van der Waals surface area contributed by atoms with Crippen molar-refractivity contribution < 1.29 is 18.3 Å². The molecule has 1 aromatic heterocycles. The number of carbonyl (C=O) groups is 1. The molecule has 3 aromatic rings. The summed E-state index contributed by atoms with van der Waals surface area (Å²) >= 11 is 0. The number of hydrazone groups is 1. The maximum atomic E-state index is 13.7. The lowest BCUT2D eigenvalue weighted by Gasteiger charge is -2.70. The summed E-state index contributed by atoms with van der Waals surface area (Å²) in [6.45, 7) is 0.812. The van der Waals surface area contributed by atoms with Crippen LogP contribution in [0.15, 0.2) is 47.8 Å². The van der Waals surface area contributed by atoms with Crippen LogP contribution in [0.1, 0.15) is 37.3 Å². The van der Waals surface area contributed by atoms with Crippen LogP contribution in [0.2, 0.25) is 0 Å². The van der Waals surface area contributed by atoms with E-state index < -0.39 is 23.1 Å². The zero-order valence-corrected chi connectivity index (χ0v) is 17.6. The molecule has 2 heterocycles. The molecular weight excluding hydrogens is 414 g/mol. The Labute approximate surface area is 183 Å². The van der Waals surface area contributed by atoms with Crippen LogP contribution < -0.4 is 4.74 Å². The second kappa shape index (κ2) is 6.60. The molecule has 7 rings (SSSR count). The predicted molar refractivity (Wildman–Crippen MR) is 114 cm³/mol. The number of imidazole rings is 1. The van der Waals surface area contributed by atoms with Gasteiger partial charge in [-0.1, -0.05) is 0 Å². The number of benzene rings is 2. The fourth-order valence-electron chi connectivity index (χ4n) is 5.95. The molecule has 3 saturated carbocycles. The Morgan fingerprint density at radius 1 is 1.16 bits per heavy atom. The van der Waals surface area contributed by atoms with Gasteiger partial charge in [0.15, 0.2) is 0 Å². The molecular formula is C24H22F2N4O2. The van der Waals surface area contributed by atoms with E-state index in [0.717, 1.165) is 48.7 Å². The second-order valence-electron chi connectivity index (χ2n) is 9.44. The lowest BCUT2D eigenvalue weighted by molar-refractivity contribution is -0.222. The summed E-state index contributed by atoms with van der Waals surface area (Å²) in [5.41, 5.74) is 2.06. The average Bonchev–Trinajstić information content (AvgIpc) is 3.35. The molecule has 0 radical (unpaired) electrons. The summed E-state index contributed by atoms with van der Waals surface area (Å²) in [7, 11) is 1.64. The third-order valence-corrected chi connectivity index (χ3v) is 7.24. The first-order chi connectivity index (χ1) is 15.4. The van der Waals surface area contributed by atoms with E-state index in [1.54, 1.807) is 13.3 Å². The van der Waals surface area contributed by atoms with Gasteiger partial charge in [-0.25, -0.2) is 18.8 Å². The van der Waals surface area contributed by atoms with Gasteiger partial charge in [0.05, 0.1) is 35.9 Å². The molecule has 6 nitrogen and oxygen atoms in total. The minimum absolute atomic E-state index is 0.0389. The first kappa shape index (κ1) is 19.4. The Morgan fingerprint density at radius 3 is 2.62 bits per heavy atom. The van der Waals surface area contributed by atoms with Crippen molar-refractivity contribution in [1.82, 2.24) is 14.6 Å². The Bertz CT molecular complexity index is 1240. The third kappa shape index (κ3) is 2.78. The number of amides is 1. The number of hydrogen-bond acceptors (Lipinski definition) is 4. The van der Waals surface area contributed by atoms with E-state index in [1.165, 1.54) is 17.1 Å². The highest BCUT2D eigenvalue weighted by Crippen LogP contribution is 2.74. The zero-order chi connectivity index (χ0) is 22.1. The van der Waals surface area contributed by atoms with E-state index in [2.05, 4.69) is 14.7 Å². The van der Waals surface area contributed by atoms with Crippen molar-refractivity contribution in [1.29, 1.82) is 0 Å². The highest BCUT2D eigenvalue weighted by Gasteiger charge is 2.72. The fraction of sp³-hybridized carbons (Fsp3) is 0.375. The number of aromatic nitrogens is 2. The summed E-state index contributed by atoms with van der Waals surface area (Å²) in [5, 5.41) is 5.71. The van der Waals surface area contributed by atoms with Crippen molar-refractivity contribution in [3.8, 4) is 5.75 Å².